The Morgan fingerprint density at radius 2 is 2.28 bits per heavy atom. The molecule has 1 aromatic heterocycles. The van der Waals surface area contributed by atoms with Crippen molar-refractivity contribution in [3.8, 4) is 0 Å². The molecule has 18 heavy (non-hydrogen) atoms. The summed E-state index contributed by atoms with van der Waals surface area (Å²) in [6.07, 6.45) is 2.00. The molecule has 8 heteroatoms. The summed E-state index contributed by atoms with van der Waals surface area (Å²) in [6, 6.07) is 0. The standard InChI is InChI=1S/C10H18N4O2S2/c1-4-9(10(11)17)18(15,16)13-6-8-5-12-14(3)7(8)2/h5,9,13H,4,6H2,1-3H3,(H2,11,17). The van der Waals surface area contributed by atoms with E-state index in [0.29, 0.717) is 6.42 Å². The number of nitrogens with two attached hydrogens (primary N) is 1. The van der Waals surface area contributed by atoms with Gasteiger partial charge in [0.15, 0.2) is 0 Å². The van der Waals surface area contributed by atoms with Crippen LogP contribution in [0.4, 0.5) is 0 Å². The summed E-state index contributed by atoms with van der Waals surface area (Å²) in [5, 5.41) is 3.22. The molecule has 0 fully saturated rings. The van der Waals surface area contributed by atoms with Crippen molar-refractivity contribution >= 4 is 27.2 Å². The molecule has 102 valence electrons. The van der Waals surface area contributed by atoms with Gasteiger partial charge in [0.25, 0.3) is 0 Å². The van der Waals surface area contributed by atoms with Crippen LogP contribution in [0.5, 0.6) is 0 Å². The van der Waals surface area contributed by atoms with Gasteiger partial charge in [0.05, 0.1) is 11.2 Å². The van der Waals surface area contributed by atoms with E-state index in [2.05, 4.69) is 9.82 Å². The SMILES string of the molecule is CCC(C(N)=S)S(=O)(=O)NCc1cnn(C)c1C. The van der Waals surface area contributed by atoms with Crippen LogP contribution >= 0.6 is 12.2 Å². The van der Waals surface area contributed by atoms with E-state index in [4.69, 9.17) is 18.0 Å². The third kappa shape index (κ3) is 3.27. The molecule has 1 rings (SSSR count). The second-order valence-electron chi connectivity index (χ2n) is 4.04. The largest absolute Gasteiger partial charge is 0.392 e. The molecule has 0 saturated carbocycles. The zero-order valence-corrected chi connectivity index (χ0v) is 12.3. The number of nitrogens with zero attached hydrogens (tertiary/aromatic N) is 2. The number of thiocarbonyl (C=S) groups is 1. The monoisotopic (exact) mass is 290 g/mol. The minimum Gasteiger partial charge on any atom is -0.392 e. The highest BCUT2D eigenvalue weighted by molar-refractivity contribution is 7.93. The average Bonchev–Trinajstić information content (AvgIpc) is 2.57. The maximum atomic E-state index is 12.0. The predicted molar refractivity (Wildman–Crippen MR) is 74.6 cm³/mol. The highest BCUT2D eigenvalue weighted by Crippen LogP contribution is 2.09. The molecule has 0 aliphatic rings. The van der Waals surface area contributed by atoms with Crippen LogP contribution in [0.3, 0.4) is 0 Å². The van der Waals surface area contributed by atoms with Crippen LogP contribution in [0.1, 0.15) is 24.6 Å². The van der Waals surface area contributed by atoms with Gasteiger partial charge in [-0.2, -0.15) is 5.10 Å². The summed E-state index contributed by atoms with van der Waals surface area (Å²) in [7, 11) is -1.73. The van der Waals surface area contributed by atoms with E-state index < -0.39 is 15.3 Å². The number of aryl methyl sites for hydroxylation is 1. The van der Waals surface area contributed by atoms with Gasteiger partial charge in [-0.1, -0.05) is 19.1 Å². The van der Waals surface area contributed by atoms with Crippen molar-refractivity contribution < 1.29 is 8.42 Å². The number of sulfonamides is 1. The van der Waals surface area contributed by atoms with Crippen molar-refractivity contribution in [2.75, 3.05) is 0 Å². The molecule has 0 bridgehead atoms. The smallest absolute Gasteiger partial charge is 0.221 e. The summed E-state index contributed by atoms with van der Waals surface area (Å²) in [6.45, 7) is 3.81. The summed E-state index contributed by atoms with van der Waals surface area (Å²) in [4.78, 5) is -0.00657. The van der Waals surface area contributed by atoms with Crippen LogP contribution in [0.25, 0.3) is 0 Å². The molecule has 1 unspecified atom stereocenters. The first kappa shape index (κ1) is 15.1. The van der Waals surface area contributed by atoms with E-state index >= 15 is 0 Å². The molecule has 0 aliphatic carbocycles. The van der Waals surface area contributed by atoms with Crippen LogP contribution in [0, 0.1) is 6.92 Å². The summed E-state index contributed by atoms with van der Waals surface area (Å²) in [5.41, 5.74) is 7.18. The first-order chi connectivity index (χ1) is 8.29. The Morgan fingerprint density at radius 1 is 1.67 bits per heavy atom. The first-order valence-electron chi connectivity index (χ1n) is 5.54. The third-order valence-electron chi connectivity index (χ3n) is 2.86. The second-order valence-corrected chi connectivity index (χ2v) is 6.46. The summed E-state index contributed by atoms with van der Waals surface area (Å²) >= 11 is 4.77. The molecule has 0 aromatic carbocycles. The number of nitrogens with one attached hydrogen (secondary N) is 1. The molecular weight excluding hydrogens is 272 g/mol. The number of aromatic nitrogens is 2. The lowest BCUT2D eigenvalue weighted by Crippen LogP contribution is -2.41. The Labute approximate surface area is 113 Å². The molecule has 1 atom stereocenters. The van der Waals surface area contributed by atoms with Crippen LogP contribution < -0.4 is 10.5 Å². The molecule has 0 saturated heterocycles. The Kier molecular flexibility index (Phi) is 4.83. The molecule has 6 nitrogen and oxygen atoms in total. The number of rotatable bonds is 6. The highest BCUT2D eigenvalue weighted by atomic mass is 32.2. The number of hydrogen-bond acceptors (Lipinski definition) is 4. The quantitative estimate of drug-likeness (QED) is 0.731. The molecule has 0 amide bonds. The van der Waals surface area contributed by atoms with Crippen molar-refractivity contribution in [1.29, 1.82) is 0 Å². The average molecular weight is 290 g/mol. The van der Waals surface area contributed by atoms with Crippen LogP contribution in [0.2, 0.25) is 0 Å². The maximum absolute atomic E-state index is 12.0. The molecule has 1 heterocycles. The van der Waals surface area contributed by atoms with Gasteiger partial charge in [-0.25, -0.2) is 13.1 Å². The zero-order chi connectivity index (χ0) is 13.9. The molecule has 0 spiro atoms. The van der Waals surface area contributed by atoms with Gasteiger partial charge < -0.3 is 5.73 Å². The van der Waals surface area contributed by atoms with Crippen molar-refractivity contribution in [1.82, 2.24) is 14.5 Å². The van der Waals surface area contributed by atoms with E-state index in [1.54, 1.807) is 24.9 Å². The Morgan fingerprint density at radius 3 is 2.67 bits per heavy atom. The van der Waals surface area contributed by atoms with E-state index in [0.717, 1.165) is 11.3 Å². The van der Waals surface area contributed by atoms with Crippen molar-refractivity contribution in [2.24, 2.45) is 12.8 Å². The van der Waals surface area contributed by atoms with Gasteiger partial charge in [-0.15, -0.1) is 0 Å². The first-order valence-corrected chi connectivity index (χ1v) is 7.50. The third-order valence-corrected chi connectivity index (χ3v) is 5.18. The van der Waals surface area contributed by atoms with E-state index in [-0.39, 0.29) is 11.5 Å². The minimum atomic E-state index is -3.53. The minimum absolute atomic E-state index is 0.00657. The zero-order valence-electron chi connectivity index (χ0n) is 10.7. The maximum Gasteiger partial charge on any atom is 0.221 e. The molecular formula is C10H18N4O2S2. The molecule has 0 aliphatic heterocycles. The van der Waals surface area contributed by atoms with Gasteiger partial charge in [0.2, 0.25) is 10.0 Å². The molecule has 3 N–H and O–H groups in total. The fourth-order valence-electron chi connectivity index (χ4n) is 1.57. The van der Waals surface area contributed by atoms with Crippen molar-refractivity contribution in [3.63, 3.8) is 0 Å². The normalized spacial score (nSPS) is 13.5. The fourth-order valence-corrected chi connectivity index (χ4v) is 3.42. The van der Waals surface area contributed by atoms with Gasteiger partial charge in [0, 0.05) is 24.8 Å². The van der Waals surface area contributed by atoms with Crippen LogP contribution in [-0.2, 0) is 23.6 Å². The highest BCUT2D eigenvalue weighted by Gasteiger charge is 2.26. The van der Waals surface area contributed by atoms with Gasteiger partial charge in [-0.05, 0) is 13.3 Å². The van der Waals surface area contributed by atoms with Crippen LogP contribution in [0.15, 0.2) is 6.20 Å². The Balaban J connectivity index is 2.79. The lowest BCUT2D eigenvalue weighted by molar-refractivity contribution is 0.574. The van der Waals surface area contributed by atoms with Gasteiger partial charge in [0.1, 0.15) is 5.25 Å². The lowest BCUT2D eigenvalue weighted by atomic mass is 10.3. The van der Waals surface area contributed by atoms with Gasteiger partial charge >= 0.3 is 0 Å². The topological polar surface area (TPSA) is 90.0 Å². The van der Waals surface area contributed by atoms with Crippen LogP contribution in [-0.4, -0.2) is 28.4 Å². The Bertz CT molecular complexity index is 536. The number of hydrogen-bond donors (Lipinski definition) is 2. The van der Waals surface area contributed by atoms with E-state index in [1.165, 1.54) is 0 Å². The summed E-state index contributed by atoms with van der Waals surface area (Å²) in [5.74, 6) is 0. The molecule has 1 aromatic rings. The lowest BCUT2D eigenvalue weighted by Gasteiger charge is -2.15. The van der Waals surface area contributed by atoms with E-state index in [9.17, 15) is 8.42 Å². The molecule has 0 radical (unpaired) electrons. The summed E-state index contributed by atoms with van der Waals surface area (Å²) < 4.78 is 28.2. The van der Waals surface area contributed by atoms with Crippen molar-refractivity contribution in [3.05, 3.63) is 17.5 Å². The second kappa shape index (κ2) is 5.77. The van der Waals surface area contributed by atoms with E-state index in [1.807, 2.05) is 6.92 Å². The Hall–Kier alpha value is -0.990. The van der Waals surface area contributed by atoms with Crippen molar-refractivity contribution in [2.45, 2.75) is 32.1 Å². The van der Waals surface area contributed by atoms with Gasteiger partial charge in [-0.3, -0.25) is 4.68 Å². The fraction of sp³-hybridized carbons (Fsp3) is 0.600. The predicted octanol–water partition coefficient (Wildman–Crippen LogP) is 0.213.